The highest BCUT2D eigenvalue weighted by molar-refractivity contribution is 5.85. The van der Waals surface area contributed by atoms with Crippen molar-refractivity contribution in [1.29, 1.82) is 0 Å². The van der Waals surface area contributed by atoms with Crippen molar-refractivity contribution in [3.63, 3.8) is 0 Å². The number of furan rings is 1. The van der Waals surface area contributed by atoms with Gasteiger partial charge in [-0.05, 0) is 32.0 Å². The van der Waals surface area contributed by atoms with Gasteiger partial charge < -0.3 is 9.73 Å². The van der Waals surface area contributed by atoms with Gasteiger partial charge >= 0.3 is 0 Å². The van der Waals surface area contributed by atoms with E-state index >= 15 is 0 Å². The number of hydrogen-bond donors (Lipinski definition) is 1. The van der Waals surface area contributed by atoms with Crippen LogP contribution in [0, 0.1) is 0 Å². The van der Waals surface area contributed by atoms with Gasteiger partial charge in [-0.2, -0.15) is 0 Å². The van der Waals surface area contributed by atoms with E-state index in [0.717, 1.165) is 12.0 Å². The lowest BCUT2D eigenvalue weighted by Crippen LogP contribution is -2.23. The molecule has 2 aromatic rings. The highest BCUT2D eigenvalue weighted by Crippen LogP contribution is 2.20. The molecule has 1 N–H and O–H groups in total. The summed E-state index contributed by atoms with van der Waals surface area (Å²) in [5.74, 6) is 0. The lowest BCUT2D eigenvalue weighted by atomic mass is 10.1. The van der Waals surface area contributed by atoms with E-state index in [1.54, 1.807) is 6.26 Å². The van der Waals surface area contributed by atoms with Crippen molar-refractivity contribution in [2.45, 2.75) is 19.4 Å². The Labute approximate surface area is 96.1 Å². The molecule has 2 rings (SSSR count). The average molecular weight is 226 g/mol. The Balaban J connectivity index is 0.00000112. The molecule has 0 saturated carbocycles. The van der Waals surface area contributed by atoms with Crippen molar-refractivity contribution in [1.82, 2.24) is 5.32 Å². The SMILES string of the molecule is CNC(C)Cc1cccc2ccoc12.Cl. The molecule has 2 nitrogen and oxygen atoms in total. The number of para-hydroxylation sites is 1. The van der Waals surface area contributed by atoms with Crippen LogP contribution in [0.2, 0.25) is 0 Å². The molecule has 0 bridgehead atoms. The number of nitrogens with one attached hydrogen (secondary N) is 1. The van der Waals surface area contributed by atoms with E-state index in [0.29, 0.717) is 6.04 Å². The number of halogens is 1. The molecule has 1 atom stereocenters. The molecule has 1 aromatic carbocycles. The van der Waals surface area contributed by atoms with Crippen molar-refractivity contribution in [3.8, 4) is 0 Å². The van der Waals surface area contributed by atoms with Gasteiger partial charge in [0, 0.05) is 11.4 Å². The predicted octanol–water partition coefficient (Wildman–Crippen LogP) is 3.01. The lowest BCUT2D eigenvalue weighted by Gasteiger charge is -2.09. The molecule has 82 valence electrons. The Morgan fingerprint density at radius 1 is 1.33 bits per heavy atom. The largest absolute Gasteiger partial charge is 0.464 e. The first-order valence-electron chi connectivity index (χ1n) is 4.93. The maximum Gasteiger partial charge on any atom is 0.137 e. The third-order valence-electron chi connectivity index (χ3n) is 2.58. The van der Waals surface area contributed by atoms with Crippen LogP contribution in [0.15, 0.2) is 34.9 Å². The van der Waals surface area contributed by atoms with Crippen molar-refractivity contribution < 1.29 is 4.42 Å². The number of hydrogen-bond acceptors (Lipinski definition) is 2. The van der Waals surface area contributed by atoms with E-state index in [1.165, 1.54) is 10.9 Å². The number of fused-ring (bicyclic) bond motifs is 1. The van der Waals surface area contributed by atoms with Crippen molar-refractivity contribution in [3.05, 3.63) is 36.1 Å². The van der Waals surface area contributed by atoms with Crippen LogP contribution in [0.3, 0.4) is 0 Å². The van der Waals surface area contributed by atoms with Gasteiger partial charge in [0.25, 0.3) is 0 Å². The van der Waals surface area contributed by atoms with Crippen LogP contribution in [0.5, 0.6) is 0 Å². The molecule has 0 spiro atoms. The Hall–Kier alpha value is -0.990. The second kappa shape index (κ2) is 5.19. The maximum atomic E-state index is 5.47. The first-order chi connectivity index (χ1) is 6.81. The zero-order valence-corrected chi connectivity index (χ0v) is 9.80. The molecular weight excluding hydrogens is 210 g/mol. The zero-order valence-electron chi connectivity index (χ0n) is 8.99. The molecule has 0 saturated heterocycles. The van der Waals surface area contributed by atoms with Crippen molar-refractivity contribution in [2.75, 3.05) is 7.05 Å². The van der Waals surface area contributed by atoms with E-state index in [1.807, 2.05) is 13.1 Å². The van der Waals surface area contributed by atoms with Gasteiger partial charge in [-0.25, -0.2) is 0 Å². The van der Waals surface area contributed by atoms with Crippen LogP contribution in [0.25, 0.3) is 11.0 Å². The van der Waals surface area contributed by atoms with Gasteiger partial charge in [-0.3, -0.25) is 0 Å². The zero-order chi connectivity index (χ0) is 9.97. The maximum absolute atomic E-state index is 5.47. The number of benzene rings is 1. The van der Waals surface area contributed by atoms with Crippen LogP contribution in [0.1, 0.15) is 12.5 Å². The molecule has 3 heteroatoms. The molecule has 1 unspecified atom stereocenters. The summed E-state index contributed by atoms with van der Waals surface area (Å²) in [6.07, 6.45) is 2.75. The second-order valence-corrected chi connectivity index (χ2v) is 3.65. The van der Waals surface area contributed by atoms with Crippen molar-refractivity contribution >= 4 is 23.4 Å². The standard InChI is InChI=1S/C12H15NO.ClH/c1-9(13-2)8-11-5-3-4-10-6-7-14-12(10)11;/h3-7,9,13H,8H2,1-2H3;1H. The Morgan fingerprint density at radius 2 is 2.13 bits per heavy atom. The minimum atomic E-state index is 0. The summed E-state index contributed by atoms with van der Waals surface area (Å²) in [7, 11) is 1.98. The summed E-state index contributed by atoms with van der Waals surface area (Å²) in [4.78, 5) is 0. The average Bonchev–Trinajstić information content (AvgIpc) is 2.66. The third-order valence-corrected chi connectivity index (χ3v) is 2.58. The minimum absolute atomic E-state index is 0. The van der Waals surface area contributed by atoms with E-state index in [2.05, 4.69) is 30.4 Å². The Morgan fingerprint density at radius 3 is 2.87 bits per heavy atom. The van der Waals surface area contributed by atoms with Crippen LogP contribution < -0.4 is 5.32 Å². The summed E-state index contributed by atoms with van der Waals surface area (Å²) < 4.78 is 5.47. The van der Waals surface area contributed by atoms with E-state index < -0.39 is 0 Å². The van der Waals surface area contributed by atoms with E-state index in [-0.39, 0.29) is 12.4 Å². The van der Waals surface area contributed by atoms with Gasteiger partial charge in [0.05, 0.1) is 6.26 Å². The minimum Gasteiger partial charge on any atom is -0.464 e. The highest BCUT2D eigenvalue weighted by atomic mass is 35.5. The smallest absolute Gasteiger partial charge is 0.137 e. The van der Waals surface area contributed by atoms with Gasteiger partial charge in [0.1, 0.15) is 5.58 Å². The normalized spacial score (nSPS) is 12.4. The summed E-state index contributed by atoms with van der Waals surface area (Å²) in [5, 5.41) is 4.41. The fourth-order valence-corrected chi connectivity index (χ4v) is 1.65. The Kier molecular flexibility index (Phi) is 4.18. The summed E-state index contributed by atoms with van der Waals surface area (Å²) in [6, 6.07) is 8.76. The summed E-state index contributed by atoms with van der Waals surface area (Å²) in [5.41, 5.74) is 2.30. The lowest BCUT2D eigenvalue weighted by molar-refractivity contribution is 0.585. The summed E-state index contributed by atoms with van der Waals surface area (Å²) >= 11 is 0. The molecule has 0 aliphatic heterocycles. The first kappa shape index (κ1) is 12.1. The monoisotopic (exact) mass is 225 g/mol. The van der Waals surface area contributed by atoms with Crippen LogP contribution in [-0.4, -0.2) is 13.1 Å². The predicted molar refractivity (Wildman–Crippen MR) is 65.7 cm³/mol. The Bertz CT molecular complexity index is 424. The molecule has 15 heavy (non-hydrogen) atoms. The molecule has 1 heterocycles. The molecule has 0 amide bonds. The van der Waals surface area contributed by atoms with E-state index in [4.69, 9.17) is 4.42 Å². The number of rotatable bonds is 3. The van der Waals surface area contributed by atoms with Crippen LogP contribution in [0.4, 0.5) is 0 Å². The van der Waals surface area contributed by atoms with E-state index in [9.17, 15) is 0 Å². The quantitative estimate of drug-likeness (QED) is 0.869. The second-order valence-electron chi connectivity index (χ2n) is 3.65. The van der Waals surface area contributed by atoms with Gasteiger partial charge in [0.15, 0.2) is 0 Å². The fourth-order valence-electron chi connectivity index (χ4n) is 1.65. The molecule has 0 radical (unpaired) electrons. The number of likely N-dealkylation sites (N-methyl/N-ethyl adjacent to an activating group) is 1. The topological polar surface area (TPSA) is 25.2 Å². The third kappa shape index (κ3) is 2.52. The van der Waals surface area contributed by atoms with Crippen LogP contribution >= 0.6 is 12.4 Å². The highest BCUT2D eigenvalue weighted by Gasteiger charge is 2.06. The van der Waals surface area contributed by atoms with Gasteiger partial charge in [0.2, 0.25) is 0 Å². The fraction of sp³-hybridized carbons (Fsp3) is 0.333. The van der Waals surface area contributed by atoms with Crippen LogP contribution in [-0.2, 0) is 6.42 Å². The molecule has 0 aliphatic carbocycles. The molecular formula is C12H16ClNO. The van der Waals surface area contributed by atoms with Gasteiger partial charge in [-0.1, -0.05) is 18.2 Å². The molecule has 0 fully saturated rings. The summed E-state index contributed by atoms with van der Waals surface area (Å²) in [6.45, 7) is 2.17. The molecule has 0 aliphatic rings. The molecule has 1 aromatic heterocycles. The van der Waals surface area contributed by atoms with Gasteiger partial charge in [-0.15, -0.1) is 12.4 Å². The first-order valence-corrected chi connectivity index (χ1v) is 4.93. The van der Waals surface area contributed by atoms with Crippen molar-refractivity contribution in [2.24, 2.45) is 0 Å².